The number of aryl methyl sites for hydroxylation is 2. The Bertz CT molecular complexity index is 1070. The molecule has 3 aromatic rings. The molecule has 0 unspecified atom stereocenters. The lowest BCUT2D eigenvalue weighted by Crippen LogP contribution is -2.25. The van der Waals surface area contributed by atoms with Crippen molar-refractivity contribution in [1.82, 2.24) is 14.3 Å². The largest absolute Gasteiger partial charge is 0.417 e. The molecule has 0 bridgehead atoms. The highest BCUT2D eigenvalue weighted by atomic mass is 19.4. The molecular weight excluding hydrogens is 363 g/mol. The van der Waals surface area contributed by atoms with Crippen molar-refractivity contribution in [3.63, 3.8) is 0 Å². The van der Waals surface area contributed by atoms with Crippen LogP contribution >= 0.6 is 0 Å². The fourth-order valence-corrected chi connectivity index (χ4v) is 2.92. The van der Waals surface area contributed by atoms with Gasteiger partial charge in [-0.25, -0.2) is 0 Å². The minimum Gasteiger partial charge on any atom is -0.360 e. The van der Waals surface area contributed by atoms with E-state index in [1.165, 1.54) is 0 Å². The number of hydrogen-bond acceptors (Lipinski definition) is 4. The van der Waals surface area contributed by atoms with Gasteiger partial charge in [0.05, 0.1) is 12.1 Å². The molecule has 0 fully saturated rings. The molecule has 0 spiro atoms. The molecular formula is C18H16F3N3O3. The summed E-state index contributed by atoms with van der Waals surface area (Å²) in [6.45, 7) is 4.70. The Hall–Kier alpha value is -3.10. The van der Waals surface area contributed by atoms with Crippen molar-refractivity contribution in [2.75, 3.05) is 0 Å². The van der Waals surface area contributed by atoms with Gasteiger partial charge in [0.15, 0.2) is 11.6 Å². The maximum absolute atomic E-state index is 12.9. The normalized spacial score (nSPS) is 11.8. The highest BCUT2D eigenvalue weighted by molar-refractivity contribution is 5.97. The van der Waals surface area contributed by atoms with Crippen LogP contribution in [0.15, 0.2) is 39.8 Å². The Morgan fingerprint density at radius 1 is 1.19 bits per heavy atom. The van der Waals surface area contributed by atoms with Gasteiger partial charge in [-0.2, -0.15) is 13.2 Å². The van der Waals surface area contributed by atoms with Gasteiger partial charge in [-0.05, 0) is 32.9 Å². The number of hydrogen-bond donors (Lipinski definition) is 0. The molecule has 0 saturated heterocycles. The van der Waals surface area contributed by atoms with Crippen LogP contribution in [0.1, 0.15) is 33.1 Å². The van der Waals surface area contributed by atoms with Gasteiger partial charge in [0.2, 0.25) is 0 Å². The summed E-state index contributed by atoms with van der Waals surface area (Å²) < 4.78 is 46.1. The fraction of sp³-hybridized carbons (Fsp3) is 0.278. The second-order valence-corrected chi connectivity index (χ2v) is 6.22. The first-order valence-electron chi connectivity index (χ1n) is 8.01. The van der Waals surface area contributed by atoms with E-state index in [9.17, 15) is 22.8 Å². The molecule has 6 nitrogen and oxygen atoms in total. The summed E-state index contributed by atoms with van der Waals surface area (Å²) >= 11 is 0. The van der Waals surface area contributed by atoms with E-state index in [-0.39, 0.29) is 0 Å². The van der Waals surface area contributed by atoms with Gasteiger partial charge in [-0.1, -0.05) is 5.16 Å². The summed E-state index contributed by atoms with van der Waals surface area (Å²) in [4.78, 5) is 24.5. The van der Waals surface area contributed by atoms with Crippen LogP contribution in [-0.2, 0) is 12.7 Å². The van der Waals surface area contributed by atoms with E-state index < -0.39 is 29.6 Å². The standard InChI is InChI=1S/C18H16F3N3O3/c1-10-6-14(12(3)24(10)16-7-11(2)27-22-16)15(25)9-23-8-13(18(19,20)21)4-5-17(23)26/h4-8H,9H2,1-3H3. The van der Waals surface area contributed by atoms with Gasteiger partial charge in [0.1, 0.15) is 5.76 Å². The monoisotopic (exact) mass is 379 g/mol. The van der Waals surface area contributed by atoms with Crippen molar-refractivity contribution in [2.45, 2.75) is 33.5 Å². The first-order chi connectivity index (χ1) is 12.6. The third kappa shape index (κ3) is 3.57. The van der Waals surface area contributed by atoms with Crippen molar-refractivity contribution in [1.29, 1.82) is 0 Å². The summed E-state index contributed by atoms with van der Waals surface area (Å²) in [5.74, 6) is 0.620. The molecule has 3 heterocycles. The van der Waals surface area contributed by atoms with Crippen molar-refractivity contribution >= 4 is 5.78 Å². The third-order valence-corrected chi connectivity index (χ3v) is 4.20. The van der Waals surface area contributed by atoms with Crippen LogP contribution in [-0.4, -0.2) is 20.1 Å². The fourth-order valence-electron chi connectivity index (χ4n) is 2.92. The first kappa shape index (κ1) is 18.7. The Morgan fingerprint density at radius 3 is 2.48 bits per heavy atom. The zero-order valence-corrected chi connectivity index (χ0v) is 14.8. The van der Waals surface area contributed by atoms with Crippen LogP contribution in [0.3, 0.4) is 0 Å². The number of nitrogens with zero attached hydrogens (tertiary/aromatic N) is 3. The topological polar surface area (TPSA) is 70.0 Å². The smallest absolute Gasteiger partial charge is 0.360 e. The second-order valence-electron chi connectivity index (χ2n) is 6.22. The van der Waals surface area contributed by atoms with Crippen LogP contribution in [0.2, 0.25) is 0 Å². The Kier molecular flexibility index (Phi) is 4.54. The van der Waals surface area contributed by atoms with Gasteiger partial charge in [-0.3, -0.25) is 14.2 Å². The van der Waals surface area contributed by atoms with Crippen LogP contribution in [0.25, 0.3) is 5.82 Å². The first-order valence-corrected chi connectivity index (χ1v) is 8.01. The lowest BCUT2D eigenvalue weighted by molar-refractivity contribution is -0.138. The molecule has 142 valence electrons. The molecule has 0 aliphatic heterocycles. The summed E-state index contributed by atoms with van der Waals surface area (Å²) in [7, 11) is 0. The van der Waals surface area contributed by atoms with E-state index in [0.717, 1.165) is 10.6 Å². The number of rotatable bonds is 4. The Balaban J connectivity index is 1.95. The summed E-state index contributed by atoms with van der Waals surface area (Å²) in [6.07, 6.45) is -3.94. The van der Waals surface area contributed by atoms with E-state index in [1.54, 1.807) is 37.5 Å². The molecule has 0 saturated carbocycles. The van der Waals surface area contributed by atoms with Gasteiger partial charge in [0, 0.05) is 35.3 Å². The molecule has 0 atom stereocenters. The molecule has 27 heavy (non-hydrogen) atoms. The number of carbonyl (C=O) groups excluding carboxylic acids is 1. The third-order valence-electron chi connectivity index (χ3n) is 4.20. The minimum atomic E-state index is -4.60. The number of alkyl halides is 3. The maximum atomic E-state index is 12.9. The number of halogens is 3. The quantitative estimate of drug-likeness (QED) is 0.651. The van der Waals surface area contributed by atoms with Gasteiger partial charge < -0.3 is 9.09 Å². The molecule has 3 rings (SSSR count). The summed E-state index contributed by atoms with van der Waals surface area (Å²) in [5.41, 5.74) is -0.0976. The molecule has 0 amide bonds. The Morgan fingerprint density at radius 2 is 1.89 bits per heavy atom. The highest BCUT2D eigenvalue weighted by Crippen LogP contribution is 2.28. The molecule has 3 aromatic heterocycles. The average Bonchev–Trinajstić information content (AvgIpc) is 3.11. The van der Waals surface area contributed by atoms with Crippen molar-refractivity contribution in [3.05, 3.63) is 69.1 Å². The van der Waals surface area contributed by atoms with Crippen LogP contribution in [0.4, 0.5) is 13.2 Å². The van der Waals surface area contributed by atoms with Crippen LogP contribution in [0, 0.1) is 20.8 Å². The van der Waals surface area contributed by atoms with Crippen LogP contribution in [0.5, 0.6) is 0 Å². The lowest BCUT2D eigenvalue weighted by atomic mass is 10.1. The summed E-state index contributed by atoms with van der Waals surface area (Å²) in [5, 5.41) is 3.91. The SMILES string of the molecule is Cc1cc(-n2c(C)cc(C(=O)Cn3cc(C(F)(F)F)ccc3=O)c2C)no1. The number of pyridine rings is 1. The molecule has 9 heteroatoms. The number of Topliss-reactive ketones (excluding diaryl/α,β-unsaturated/α-hetero) is 1. The maximum Gasteiger partial charge on any atom is 0.417 e. The molecule has 0 aliphatic carbocycles. The van der Waals surface area contributed by atoms with E-state index in [1.807, 2.05) is 0 Å². The number of ketones is 1. The molecule has 0 aliphatic rings. The van der Waals surface area contributed by atoms with E-state index in [0.29, 0.717) is 40.8 Å². The van der Waals surface area contributed by atoms with E-state index in [4.69, 9.17) is 4.52 Å². The highest BCUT2D eigenvalue weighted by Gasteiger charge is 2.31. The van der Waals surface area contributed by atoms with Gasteiger partial charge in [-0.15, -0.1) is 0 Å². The molecule has 0 N–H and O–H groups in total. The predicted octanol–water partition coefficient (Wildman–Crippen LogP) is 3.45. The Labute approximate surface area is 151 Å². The van der Waals surface area contributed by atoms with Crippen molar-refractivity contribution < 1.29 is 22.5 Å². The number of carbonyl (C=O) groups is 1. The van der Waals surface area contributed by atoms with Gasteiger partial charge >= 0.3 is 6.18 Å². The number of aromatic nitrogens is 3. The summed E-state index contributed by atoms with van der Waals surface area (Å²) in [6, 6.07) is 4.81. The lowest BCUT2D eigenvalue weighted by Gasteiger charge is -2.10. The van der Waals surface area contributed by atoms with E-state index in [2.05, 4.69) is 5.16 Å². The predicted molar refractivity (Wildman–Crippen MR) is 90.1 cm³/mol. The van der Waals surface area contributed by atoms with E-state index >= 15 is 0 Å². The second kappa shape index (κ2) is 6.57. The van der Waals surface area contributed by atoms with Crippen molar-refractivity contribution in [2.24, 2.45) is 0 Å². The van der Waals surface area contributed by atoms with Gasteiger partial charge in [0.25, 0.3) is 5.56 Å². The van der Waals surface area contributed by atoms with Crippen LogP contribution < -0.4 is 5.56 Å². The molecule has 0 aromatic carbocycles. The van der Waals surface area contributed by atoms with Crippen molar-refractivity contribution in [3.8, 4) is 5.82 Å². The zero-order chi connectivity index (χ0) is 19.9. The molecule has 0 radical (unpaired) electrons. The average molecular weight is 379 g/mol. The zero-order valence-electron chi connectivity index (χ0n) is 14.8. The minimum absolute atomic E-state index is 0.303.